The van der Waals surface area contributed by atoms with Gasteiger partial charge in [0.25, 0.3) is 17.2 Å². The second-order valence-corrected chi connectivity index (χ2v) is 5.99. The highest BCUT2D eigenvalue weighted by Gasteiger charge is 2.20. The first-order valence-electron chi connectivity index (χ1n) is 8.36. The maximum Gasteiger partial charge on any atom is 0.286 e. The molecule has 1 aromatic heterocycles. The summed E-state index contributed by atoms with van der Waals surface area (Å²) in [5.74, 6) is -1.60. The third-order valence-corrected chi connectivity index (χ3v) is 3.98. The number of primary amides is 1. The normalized spacial score (nSPS) is 11.6. The number of nitrogens with zero attached hydrogens (tertiary/aromatic N) is 2. The summed E-state index contributed by atoms with van der Waals surface area (Å²) in [6, 6.07) is 9.89. The average molecular weight is 372 g/mol. The molecule has 2 rings (SSSR count). The number of amides is 2. The third kappa shape index (κ3) is 5.00. The van der Waals surface area contributed by atoms with E-state index in [2.05, 4.69) is 5.32 Å². The van der Waals surface area contributed by atoms with Crippen molar-refractivity contribution in [2.75, 3.05) is 0 Å². The molecule has 0 bridgehead atoms. The second-order valence-electron chi connectivity index (χ2n) is 5.99. The lowest BCUT2D eigenvalue weighted by Gasteiger charge is -2.19. The van der Waals surface area contributed by atoms with E-state index in [1.165, 1.54) is 0 Å². The van der Waals surface area contributed by atoms with Crippen LogP contribution in [-0.4, -0.2) is 21.3 Å². The first-order valence-corrected chi connectivity index (χ1v) is 8.36. The number of nitro groups is 1. The first-order chi connectivity index (χ1) is 12.8. The number of nitrogens with two attached hydrogens (primary N) is 1. The predicted octanol–water partition coefficient (Wildman–Crippen LogP) is 1.51. The third-order valence-electron chi connectivity index (χ3n) is 3.98. The van der Waals surface area contributed by atoms with Gasteiger partial charge in [-0.1, -0.05) is 43.7 Å². The Balaban J connectivity index is 2.27. The molecular formula is C18H20N4O5. The molecule has 1 unspecified atom stereocenters. The van der Waals surface area contributed by atoms with Gasteiger partial charge in [0, 0.05) is 6.07 Å². The molecule has 1 atom stereocenters. The minimum Gasteiger partial charge on any atom is -0.365 e. The molecule has 0 spiro atoms. The van der Waals surface area contributed by atoms with Crippen LogP contribution in [0.15, 0.2) is 47.4 Å². The summed E-state index contributed by atoms with van der Waals surface area (Å²) in [5, 5.41) is 13.8. The predicted molar refractivity (Wildman–Crippen MR) is 98.1 cm³/mol. The Morgan fingerprint density at radius 3 is 2.52 bits per heavy atom. The van der Waals surface area contributed by atoms with Gasteiger partial charge in [0.1, 0.15) is 12.1 Å². The van der Waals surface area contributed by atoms with Crippen molar-refractivity contribution < 1.29 is 14.5 Å². The highest BCUT2D eigenvalue weighted by Crippen LogP contribution is 2.18. The lowest BCUT2D eigenvalue weighted by Crippen LogP contribution is -2.37. The molecule has 0 aliphatic carbocycles. The number of benzene rings is 1. The molecule has 1 aromatic carbocycles. The molecule has 0 saturated heterocycles. The minimum atomic E-state index is -1.09. The molecule has 2 amide bonds. The molecule has 0 aliphatic heterocycles. The van der Waals surface area contributed by atoms with Crippen LogP contribution in [0.3, 0.4) is 0 Å². The summed E-state index contributed by atoms with van der Waals surface area (Å²) in [7, 11) is 0. The zero-order valence-corrected chi connectivity index (χ0v) is 14.8. The van der Waals surface area contributed by atoms with E-state index in [4.69, 9.17) is 5.73 Å². The Bertz CT molecular complexity index is 908. The van der Waals surface area contributed by atoms with E-state index in [1.54, 1.807) is 0 Å². The molecule has 9 heteroatoms. The Morgan fingerprint density at radius 1 is 1.30 bits per heavy atom. The second kappa shape index (κ2) is 8.75. The van der Waals surface area contributed by atoms with Crippen molar-refractivity contribution >= 4 is 17.5 Å². The highest BCUT2D eigenvalue weighted by molar-refractivity contribution is 5.93. The molecule has 3 N–H and O–H groups in total. The standard InChI is InChI=1S/C18H20N4O5/c1-2-6-15(12-7-4-3-5-8-12)20-16(23)11-21-10-13(22(26)27)9-14(17(19)24)18(21)25/h3-5,7-10,15H,2,6,11H2,1H3,(H2,19,24)(H,20,23). The fraction of sp³-hybridized carbons (Fsp3) is 0.278. The van der Waals surface area contributed by atoms with Gasteiger partial charge in [-0.2, -0.15) is 0 Å². The summed E-state index contributed by atoms with van der Waals surface area (Å²) in [6.45, 7) is 1.51. The number of nitrogens with one attached hydrogen (secondary N) is 1. The van der Waals surface area contributed by atoms with E-state index in [-0.39, 0.29) is 6.04 Å². The van der Waals surface area contributed by atoms with Gasteiger partial charge < -0.3 is 11.1 Å². The van der Waals surface area contributed by atoms with Gasteiger partial charge in [0.15, 0.2) is 0 Å². The lowest BCUT2D eigenvalue weighted by atomic mass is 10.0. The van der Waals surface area contributed by atoms with Gasteiger partial charge in [0.05, 0.1) is 17.2 Å². The summed E-state index contributed by atoms with van der Waals surface area (Å²) in [5.41, 5.74) is 4.13. The lowest BCUT2D eigenvalue weighted by molar-refractivity contribution is -0.385. The number of carbonyl (C=O) groups is 2. The number of hydrogen-bond donors (Lipinski definition) is 2. The van der Waals surface area contributed by atoms with Crippen molar-refractivity contribution in [3.05, 3.63) is 74.2 Å². The molecule has 2 aromatic rings. The first kappa shape index (κ1) is 19.8. The summed E-state index contributed by atoms with van der Waals surface area (Å²) in [4.78, 5) is 46.3. The van der Waals surface area contributed by atoms with E-state index in [9.17, 15) is 24.5 Å². The number of hydrogen-bond acceptors (Lipinski definition) is 5. The van der Waals surface area contributed by atoms with Crippen LogP contribution in [0.2, 0.25) is 0 Å². The highest BCUT2D eigenvalue weighted by atomic mass is 16.6. The van der Waals surface area contributed by atoms with Crippen LogP contribution in [0.4, 0.5) is 5.69 Å². The van der Waals surface area contributed by atoms with E-state index in [1.807, 2.05) is 37.3 Å². The monoisotopic (exact) mass is 372 g/mol. The number of aromatic nitrogens is 1. The van der Waals surface area contributed by atoms with E-state index in [0.29, 0.717) is 6.42 Å². The van der Waals surface area contributed by atoms with Crippen molar-refractivity contribution in [2.24, 2.45) is 5.73 Å². The SMILES string of the molecule is CCCC(NC(=O)Cn1cc([N+](=O)[O-])cc(C(N)=O)c1=O)c1ccccc1. The van der Waals surface area contributed by atoms with Crippen LogP contribution in [0.1, 0.15) is 41.7 Å². The fourth-order valence-corrected chi connectivity index (χ4v) is 2.70. The van der Waals surface area contributed by atoms with Gasteiger partial charge in [-0.05, 0) is 12.0 Å². The van der Waals surface area contributed by atoms with Crippen LogP contribution in [0, 0.1) is 10.1 Å². The zero-order chi connectivity index (χ0) is 20.0. The van der Waals surface area contributed by atoms with Crippen LogP contribution >= 0.6 is 0 Å². The number of carbonyl (C=O) groups excluding carboxylic acids is 2. The molecule has 0 aliphatic rings. The van der Waals surface area contributed by atoms with Crippen LogP contribution < -0.4 is 16.6 Å². The molecule has 27 heavy (non-hydrogen) atoms. The molecule has 142 valence electrons. The molecule has 0 saturated carbocycles. The van der Waals surface area contributed by atoms with Gasteiger partial charge >= 0.3 is 0 Å². The maximum atomic E-state index is 12.4. The quantitative estimate of drug-likeness (QED) is 0.534. The Morgan fingerprint density at radius 2 is 1.96 bits per heavy atom. The van der Waals surface area contributed by atoms with E-state index < -0.39 is 40.1 Å². The molecular weight excluding hydrogens is 352 g/mol. The molecule has 0 radical (unpaired) electrons. The van der Waals surface area contributed by atoms with Crippen molar-refractivity contribution in [1.29, 1.82) is 0 Å². The van der Waals surface area contributed by atoms with Crippen LogP contribution in [0.25, 0.3) is 0 Å². The van der Waals surface area contributed by atoms with Crippen molar-refractivity contribution in [3.63, 3.8) is 0 Å². The summed E-state index contributed by atoms with van der Waals surface area (Å²) in [6.07, 6.45) is 2.43. The maximum absolute atomic E-state index is 12.4. The fourth-order valence-electron chi connectivity index (χ4n) is 2.70. The zero-order valence-electron chi connectivity index (χ0n) is 14.8. The van der Waals surface area contributed by atoms with Crippen molar-refractivity contribution in [1.82, 2.24) is 9.88 Å². The van der Waals surface area contributed by atoms with Crippen molar-refractivity contribution in [3.8, 4) is 0 Å². The summed E-state index contributed by atoms with van der Waals surface area (Å²) < 4.78 is 0.821. The van der Waals surface area contributed by atoms with E-state index in [0.717, 1.165) is 28.8 Å². The number of rotatable bonds is 8. The topological polar surface area (TPSA) is 137 Å². The van der Waals surface area contributed by atoms with Gasteiger partial charge in [0.2, 0.25) is 5.91 Å². The molecule has 9 nitrogen and oxygen atoms in total. The van der Waals surface area contributed by atoms with Gasteiger partial charge in [-0.25, -0.2) is 0 Å². The summed E-state index contributed by atoms with van der Waals surface area (Å²) >= 11 is 0. The Labute approximate surface area is 155 Å². The van der Waals surface area contributed by atoms with E-state index >= 15 is 0 Å². The van der Waals surface area contributed by atoms with Gasteiger partial charge in [-0.15, -0.1) is 0 Å². The van der Waals surface area contributed by atoms with Crippen LogP contribution in [-0.2, 0) is 11.3 Å². The molecule has 0 fully saturated rings. The van der Waals surface area contributed by atoms with Gasteiger partial charge in [-0.3, -0.25) is 29.1 Å². The molecule has 1 heterocycles. The minimum absolute atomic E-state index is 0.256. The smallest absolute Gasteiger partial charge is 0.286 e. The van der Waals surface area contributed by atoms with Crippen molar-refractivity contribution in [2.45, 2.75) is 32.4 Å². The Hall–Kier alpha value is -3.49. The van der Waals surface area contributed by atoms with Crippen LogP contribution in [0.5, 0.6) is 0 Å². The largest absolute Gasteiger partial charge is 0.365 e. The average Bonchev–Trinajstić information content (AvgIpc) is 2.63. The Kier molecular flexibility index (Phi) is 6.42. The number of pyridine rings is 1.